The number of nitriles is 1. The first-order valence-electron chi connectivity index (χ1n) is 10.6. The number of likely N-dealkylation sites (tertiary alicyclic amines) is 1. The molecular weight excluding hydrogens is 344 g/mol. The Morgan fingerprint density at radius 3 is 2.79 bits per heavy atom. The Balaban J connectivity index is 1.59. The third-order valence-electron chi connectivity index (χ3n) is 7.10. The van der Waals surface area contributed by atoms with Crippen LogP contribution in [0.5, 0.6) is 5.75 Å². The standard InChI is InChI=1S/C25H30N2O/c1-28-22-10-5-9-21(19-22)25-14-6-11-24(23(25)12-16-26)27(18-15-25)17-13-20-7-3-2-4-8-20/h2-5,7-10,19,23-24H,6,11-15,17-18H2,1H3/t23-,24-,25-/m0/s1. The smallest absolute Gasteiger partial charge is 0.119 e. The number of hydrogen-bond acceptors (Lipinski definition) is 3. The molecule has 28 heavy (non-hydrogen) atoms. The molecule has 1 saturated carbocycles. The van der Waals surface area contributed by atoms with Crippen molar-refractivity contribution >= 4 is 0 Å². The summed E-state index contributed by atoms with van der Waals surface area (Å²) in [5, 5.41) is 9.64. The highest BCUT2D eigenvalue weighted by molar-refractivity contribution is 5.36. The molecule has 3 nitrogen and oxygen atoms in total. The quantitative estimate of drug-likeness (QED) is 0.717. The lowest BCUT2D eigenvalue weighted by atomic mass is 9.56. The van der Waals surface area contributed by atoms with E-state index in [1.54, 1.807) is 7.11 Å². The predicted molar refractivity (Wildman–Crippen MR) is 112 cm³/mol. The van der Waals surface area contributed by atoms with E-state index < -0.39 is 0 Å². The molecule has 4 rings (SSSR count). The summed E-state index contributed by atoms with van der Waals surface area (Å²) in [4.78, 5) is 2.67. The van der Waals surface area contributed by atoms with Crippen LogP contribution in [0.2, 0.25) is 0 Å². The summed E-state index contributed by atoms with van der Waals surface area (Å²) >= 11 is 0. The molecule has 1 aliphatic heterocycles. The molecule has 1 aliphatic carbocycles. The van der Waals surface area contributed by atoms with Crippen LogP contribution in [0, 0.1) is 17.2 Å². The molecule has 2 aromatic rings. The first kappa shape index (κ1) is 19.0. The van der Waals surface area contributed by atoms with E-state index in [0.29, 0.717) is 18.4 Å². The van der Waals surface area contributed by atoms with Gasteiger partial charge in [-0.25, -0.2) is 0 Å². The van der Waals surface area contributed by atoms with Crippen LogP contribution in [-0.4, -0.2) is 31.1 Å². The number of ether oxygens (including phenoxy) is 1. The van der Waals surface area contributed by atoms with Gasteiger partial charge in [0.05, 0.1) is 13.2 Å². The van der Waals surface area contributed by atoms with Crippen molar-refractivity contribution in [1.29, 1.82) is 5.26 Å². The van der Waals surface area contributed by atoms with Crippen LogP contribution in [-0.2, 0) is 11.8 Å². The Bertz CT molecular complexity index is 828. The molecule has 2 bridgehead atoms. The number of fused-ring (bicyclic) bond motifs is 2. The molecule has 0 N–H and O–H groups in total. The monoisotopic (exact) mass is 374 g/mol. The summed E-state index contributed by atoms with van der Waals surface area (Å²) < 4.78 is 5.51. The first-order chi connectivity index (χ1) is 13.8. The molecule has 3 atom stereocenters. The van der Waals surface area contributed by atoms with Crippen LogP contribution in [0.1, 0.15) is 43.2 Å². The van der Waals surface area contributed by atoms with Crippen molar-refractivity contribution in [2.75, 3.05) is 20.2 Å². The topological polar surface area (TPSA) is 36.3 Å². The fraction of sp³-hybridized carbons (Fsp3) is 0.480. The normalized spacial score (nSPS) is 27.1. The van der Waals surface area contributed by atoms with E-state index in [0.717, 1.165) is 31.7 Å². The van der Waals surface area contributed by atoms with E-state index in [1.165, 1.54) is 30.4 Å². The first-order valence-corrected chi connectivity index (χ1v) is 10.6. The third kappa shape index (κ3) is 3.54. The SMILES string of the molecule is COc1cccc([C@@]23CCC[C@@H]([C@@H]2CC#N)N(CCc2ccccc2)CC3)c1. The minimum Gasteiger partial charge on any atom is -0.497 e. The Morgan fingerprint density at radius 1 is 1.14 bits per heavy atom. The zero-order valence-electron chi connectivity index (χ0n) is 16.8. The minimum atomic E-state index is 0.121. The van der Waals surface area contributed by atoms with Gasteiger partial charge in [0.15, 0.2) is 0 Å². The number of nitrogens with zero attached hydrogens (tertiary/aromatic N) is 2. The van der Waals surface area contributed by atoms with Gasteiger partial charge in [0.1, 0.15) is 5.75 Å². The average molecular weight is 375 g/mol. The third-order valence-corrected chi connectivity index (χ3v) is 7.10. The van der Waals surface area contributed by atoms with Gasteiger partial charge >= 0.3 is 0 Å². The maximum absolute atomic E-state index is 9.64. The van der Waals surface area contributed by atoms with Gasteiger partial charge in [-0.2, -0.15) is 5.26 Å². The highest BCUT2D eigenvalue weighted by atomic mass is 16.5. The summed E-state index contributed by atoms with van der Waals surface area (Å²) in [6, 6.07) is 22.4. The Hall–Kier alpha value is -2.31. The van der Waals surface area contributed by atoms with Crippen LogP contribution in [0.4, 0.5) is 0 Å². The number of methoxy groups -OCH3 is 1. The van der Waals surface area contributed by atoms with Crippen LogP contribution in [0.15, 0.2) is 54.6 Å². The molecule has 1 heterocycles. The molecule has 0 radical (unpaired) electrons. The van der Waals surface area contributed by atoms with E-state index in [-0.39, 0.29) is 5.41 Å². The van der Waals surface area contributed by atoms with Gasteiger partial charge in [-0.15, -0.1) is 0 Å². The Morgan fingerprint density at radius 2 is 2.00 bits per heavy atom. The van der Waals surface area contributed by atoms with Gasteiger partial charge in [0, 0.05) is 24.4 Å². The van der Waals surface area contributed by atoms with Crippen LogP contribution < -0.4 is 4.74 Å². The second kappa shape index (κ2) is 8.37. The van der Waals surface area contributed by atoms with Crippen molar-refractivity contribution in [2.45, 2.75) is 50.0 Å². The zero-order chi connectivity index (χ0) is 19.4. The molecule has 1 saturated heterocycles. The highest BCUT2D eigenvalue weighted by Gasteiger charge is 2.51. The van der Waals surface area contributed by atoms with Gasteiger partial charge < -0.3 is 4.74 Å². The fourth-order valence-electron chi connectivity index (χ4n) is 5.70. The molecule has 146 valence electrons. The Kier molecular flexibility index (Phi) is 5.69. The number of hydrogen-bond donors (Lipinski definition) is 0. The van der Waals surface area contributed by atoms with Crippen molar-refractivity contribution in [2.24, 2.45) is 5.92 Å². The van der Waals surface area contributed by atoms with Crippen LogP contribution in [0.3, 0.4) is 0 Å². The molecule has 2 fully saturated rings. The second-order valence-corrected chi connectivity index (χ2v) is 8.34. The lowest BCUT2D eigenvalue weighted by Crippen LogP contribution is -2.58. The van der Waals surface area contributed by atoms with Crippen molar-refractivity contribution in [1.82, 2.24) is 4.90 Å². The van der Waals surface area contributed by atoms with Crippen molar-refractivity contribution in [3.63, 3.8) is 0 Å². The second-order valence-electron chi connectivity index (χ2n) is 8.34. The predicted octanol–water partition coefficient (Wildman–Crippen LogP) is 4.96. The molecular formula is C25H30N2O. The lowest BCUT2D eigenvalue weighted by molar-refractivity contribution is -0.00931. The highest BCUT2D eigenvalue weighted by Crippen LogP contribution is 2.52. The van der Waals surface area contributed by atoms with E-state index in [1.807, 2.05) is 6.07 Å². The van der Waals surface area contributed by atoms with Gasteiger partial charge in [0.2, 0.25) is 0 Å². The van der Waals surface area contributed by atoms with Gasteiger partial charge in [-0.05, 0) is 61.4 Å². The van der Waals surface area contributed by atoms with Crippen molar-refractivity contribution in [3.8, 4) is 11.8 Å². The van der Waals surface area contributed by atoms with Gasteiger partial charge in [-0.3, -0.25) is 4.90 Å². The summed E-state index contributed by atoms with van der Waals surface area (Å²) in [6.45, 7) is 2.21. The number of piperidine rings is 1. The summed E-state index contributed by atoms with van der Waals surface area (Å²) in [5.41, 5.74) is 2.90. The lowest BCUT2D eigenvalue weighted by Gasteiger charge is -2.56. The number of rotatable bonds is 6. The summed E-state index contributed by atoms with van der Waals surface area (Å²) in [7, 11) is 1.74. The van der Waals surface area contributed by atoms with E-state index in [4.69, 9.17) is 4.74 Å². The van der Waals surface area contributed by atoms with Crippen molar-refractivity contribution < 1.29 is 4.74 Å². The fourth-order valence-corrected chi connectivity index (χ4v) is 5.70. The maximum Gasteiger partial charge on any atom is 0.119 e. The zero-order valence-corrected chi connectivity index (χ0v) is 16.8. The van der Waals surface area contributed by atoms with E-state index in [9.17, 15) is 5.26 Å². The van der Waals surface area contributed by atoms with Crippen LogP contribution in [0.25, 0.3) is 0 Å². The summed E-state index contributed by atoms with van der Waals surface area (Å²) in [5.74, 6) is 1.33. The van der Waals surface area contributed by atoms with Gasteiger partial charge in [-0.1, -0.05) is 48.9 Å². The molecule has 0 spiro atoms. The minimum absolute atomic E-state index is 0.121. The molecule has 2 aromatic carbocycles. The molecule has 0 aromatic heterocycles. The Labute approximate surface area is 168 Å². The van der Waals surface area contributed by atoms with Crippen LogP contribution >= 0.6 is 0 Å². The largest absolute Gasteiger partial charge is 0.497 e. The molecule has 3 heteroatoms. The van der Waals surface area contributed by atoms with E-state index in [2.05, 4.69) is 59.5 Å². The van der Waals surface area contributed by atoms with Gasteiger partial charge in [0.25, 0.3) is 0 Å². The average Bonchev–Trinajstić information content (AvgIpc) is 2.74. The molecule has 2 aliphatic rings. The molecule has 0 amide bonds. The van der Waals surface area contributed by atoms with E-state index >= 15 is 0 Å². The summed E-state index contributed by atoms with van der Waals surface area (Å²) in [6.07, 6.45) is 6.51. The van der Waals surface area contributed by atoms with Crippen molar-refractivity contribution in [3.05, 3.63) is 65.7 Å². The number of benzene rings is 2. The molecule has 0 unspecified atom stereocenters. The maximum atomic E-state index is 9.64.